The molecule has 2 atom stereocenters. The van der Waals surface area contributed by atoms with E-state index in [-0.39, 0.29) is 28.5 Å². The molecule has 1 fully saturated rings. The Balaban J connectivity index is 2.78. The highest BCUT2D eigenvalue weighted by Gasteiger charge is 2.60. The molecule has 4 heteroatoms. The molecule has 0 bridgehead atoms. The van der Waals surface area contributed by atoms with Crippen molar-refractivity contribution in [3.63, 3.8) is 0 Å². The molecular weight excluding hydrogens is 216 g/mol. The average molecular weight is 231 g/mol. The van der Waals surface area contributed by atoms with E-state index < -0.39 is 0 Å². The fourth-order valence-corrected chi connectivity index (χ4v) is 2.34. The van der Waals surface area contributed by atoms with Crippen LogP contribution in [-0.2, 0) is 14.3 Å². The topological polar surface area (TPSA) is 43.4 Å². The lowest BCUT2D eigenvalue weighted by Gasteiger charge is -1.99. The number of hydrogen-bond acceptors (Lipinski definition) is 3. The van der Waals surface area contributed by atoms with Gasteiger partial charge in [0.2, 0.25) is 5.24 Å². The Kier molecular flexibility index (Phi) is 3.24. The zero-order chi connectivity index (χ0) is 11.8. The van der Waals surface area contributed by atoms with Crippen LogP contribution in [0.3, 0.4) is 0 Å². The van der Waals surface area contributed by atoms with Crippen molar-refractivity contribution < 1.29 is 14.3 Å². The third-order valence-corrected chi connectivity index (χ3v) is 3.33. The Labute approximate surface area is 94.4 Å². The molecule has 0 unspecified atom stereocenters. The fourth-order valence-electron chi connectivity index (χ4n) is 1.92. The molecule has 1 aliphatic carbocycles. The molecule has 0 spiro atoms. The van der Waals surface area contributed by atoms with Gasteiger partial charge in [0.25, 0.3) is 0 Å². The molecule has 0 amide bonds. The third kappa shape index (κ3) is 2.23. The minimum absolute atomic E-state index is 0.0431. The first-order valence-corrected chi connectivity index (χ1v) is 5.16. The Hall–Kier alpha value is -0.830. The molecule has 1 rings (SSSR count). The molecule has 0 aromatic carbocycles. The second-order valence-corrected chi connectivity index (χ2v) is 4.84. The summed E-state index contributed by atoms with van der Waals surface area (Å²) in [6.45, 7) is 5.60. The van der Waals surface area contributed by atoms with Gasteiger partial charge in [0.1, 0.15) is 0 Å². The largest absolute Gasteiger partial charge is 0.466 e. The molecular formula is C11H15ClO3. The van der Waals surface area contributed by atoms with Gasteiger partial charge in [-0.2, -0.15) is 0 Å². The summed E-state index contributed by atoms with van der Waals surface area (Å²) in [5, 5.41) is -0.334. The number of allylic oxidation sites excluding steroid dienone is 1. The Bertz CT molecular complexity index is 331. The van der Waals surface area contributed by atoms with Gasteiger partial charge < -0.3 is 4.74 Å². The molecule has 84 valence electrons. The number of hydrogen-bond donors (Lipinski definition) is 0. The summed E-state index contributed by atoms with van der Waals surface area (Å²) in [5.74, 6) is -0.501. The van der Waals surface area contributed by atoms with Crippen LogP contribution in [0.4, 0.5) is 0 Å². The zero-order valence-electron chi connectivity index (χ0n) is 9.33. The number of esters is 1. The molecule has 0 aromatic heterocycles. The van der Waals surface area contributed by atoms with Crippen LogP contribution in [0.25, 0.3) is 0 Å². The van der Waals surface area contributed by atoms with E-state index in [1.165, 1.54) is 7.11 Å². The van der Waals surface area contributed by atoms with Crippen molar-refractivity contribution in [2.75, 3.05) is 7.11 Å². The summed E-state index contributed by atoms with van der Waals surface area (Å²) >= 11 is 5.47. The summed E-state index contributed by atoms with van der Waals surface area (Å²) in [7, 11) is 1.34. The maximum atomic E-state index is 11.2. The first kappa shape index (κ1) is 12.2. The second kappa shape index (κ2) is 3.97. The highest BCUT2D eigenvalue weighted by molar-refractivity contribution is 6.64. The SMILES string of the molecule is COC(=O)/C(C)=C/[C@@H]1[C@@H](C(=O)Cl)C1(C)C. The Morgan fingerprint density at radius 3 is 2.27 bits per heavy atom. The normalized spacial score (nSPS) is 28.5. The Morgan fingerprint density at radius 2 is 1.93 bits per heavy atom. The lowest BCUT2D eigenvalue weighted by Crippen LogP contribution is -2.02. The summed E-state index contributed by atoms with van der Waals surface area (Å²) < 4.78 is 4.58. The molecule has 0 saturated heterocycles. The van der Waals surface area contributed by atoms with Crippen LogP contribution in [0.1, 0.15) is 20.8 Å². The van der Waals surface area contributed by atoms with Crippen LogP contribution in [0.15, 0.2) is 11.6 Å². The third-order valence-electron chi connectivity index (χ3n) is 3.09. The van der Waals surface area contributed by atoms with Crippen molar-refractivity contribution in [3.8, 4) is 0 Å². The number of carbonyl (C=O) groups excluding carboxylic acids is 2. The van der Waals surface area contributed by atoms with E-state index in [0.717, 1.165) is 0 Å². The van der Waals surface area contributed by atoms with Crippen molar-refractivity contribution in [2.24, 2.45) is 17.3 Å². The van der Waals surface area contributed by atoms with Crippen molar-refractivity contribution in [1.82, 2.24) is 0 Å². The van der Waals surface area contributed by atoms with E-state index >= 15 is 0 Å². The van der Waals surface area contributed by atoms with Crippen LogP contribution < -0.4 is 0 Å². The molecule has 15 heavy (non-hydrogen) atoms. The van der Waals surface area contributed by atoms with E-state index in [1.54, 1.807) is 13.0 Å². The zero-order valence-corrected chi connectivity index (χ0v) is 10.1. The van der Waals surface area contributed by atoms with Gasteiger partial charge in [0, 0.05) is 11.5 Å². The summed E-state index contributed by atoms with van der Waals surface area (Å²) in [4.78, 5) is 22.2. The van der Waals surface area contributed by atoms with Crippen molar-refractivity contribution >= 4 is 22.8 Å². The highest BCUT2D eigenvalue weighted by atomic mass is 35.5. The number of rotatable bonds is 3. The smallest absolute Gasteiger partial charge is 0.333 e. The van der Waals surface area contributed by atoms with Crippen LogP contribution in [0.5, 0.6) is 0 Å². The molecule has 0 aliphatic heterocycles. The van der Waals surface area contributed by atoms with Gasteiger partial charge in [0.05, 0.1) is 7.11 Å². The molecule has 0 heterocycles. The van der Waals surface area contributed by atoms with Crippen LogP contribution >= 0.6 is 11.6 Å². The first-order valence-electron chi connectivity index (χ1n) is 4.78. The minimum atomic E-state index is -0.363. The molecule has 0 aromatic rings. The van der Waals surface area contributed by atoms with Crippen LogP contribution in [0, 0.1) is 17.3 Å². The number of halogens is 1. The van der Waals surface area contributed by atoms with Crippen molar-refractivity contribution in [3.05, 3.63) is 11.6 Å². The van der Waals surface area contributed by atoms with Crippen LogP contribution in [-0.4, -0.2) is 18.3 Å². The van der Waals surface area contributed by atoms with E-state index in [0.29, 0.717) is 5.57 Å². The van der Waals surface area contributed by atoms with Gasteiger partial charge >= 0.3 is 5.97 Å². The summed E-state index contributed by atoms with van der Waals surface area (Å²) in [5.41, 5.74) is 0.379. The minimum Gasteiger partial charge on any atom is -0.466 e. The van der Waals surface area contributed by atoms with E-state index in [9.17, 15) is 9.59 Å². The van der Waals surface area contributed by atoms with Gasteiger partial charge in [-0.15, -0.1) is 0 Å². The van der Waals surface area contributed by atoms with Gasteiger partial charge in [-0.25, -0.2) is 4.79 Å². The predicted octanol–water partition coefficient (Wildman–Crippen LogP) is 2.14. The van der Waals surface area contributed by atoms with Gasteiger partial charge in [-0.3, -0.25) is 4.79 Å². The highest BCUT2D eigenvalue weighted by Crippen LogP contribution is 2.60. The lowest BCUT2D eigenvalue weighted by atomic mass is 10.1. The van der Waals surface area contributed by atoms with Gasteiger partial charge in [-0.05, 0) is 29.9 Å². The molecule has 0 radical (unpaired) electrons. The lowest BCUT2D eigenvalue weighted by molar-refractivity contribution is -0.136. The fraction of sp³-hybridized carbons (Fsp3) is 0.636. The monoisotopic (exact) mass is 230 g/mol. The van der Waals surface area contributed by atoms with E-state index in [1.807, 2.05) is 13.8 Å². The summed E-state index contributed by atoms with van der Waals surface area (Å²) in [6, 6.07) is 0. The van der Waals surface area contributed by atoms with E-state index in [2.05, 4.69) is 4.74 Å². The number of methoxy groups -OCH3 is 1. The quantitative estimate of drug-likeness (QED) is 0.424. The van der Waals surface area contributed by atoms with Gasteiger partial charge in [0.15, 0.2) is 0 Å². The second-order valence-electron chi connectivity index (χ2n) is 4.47. The molecule has 3 nitrogen and oxygen atoms in total. The van der Waals surface area contributed by atoms with Crippen molar-refractivity contribution in [1.29, 1.82) is 0 Å². The summed E-state index contributed by atoms with van der Waals surface area (Å²) in [6.07, 6.45) is 1.77. The number of ether oxygens (including phenoxy) is 1. The maximum absolute atomic E-state index is 11.2. The number of carbonyl (C=O) groups is 2. The molecule has 1 aliphatic rings. The predicted molar refractivity (Wildman–Crippen MR) is 57.4 cm³/mol. The van der Waals surface area contributed by atoms with Crippen molar-refractivity contribution in [2.45, 2.75) is 20.8 Å². The first-order chi connectivity index (χ1) is 6.82. The standard InChI is InChI=1S/C11H15ClO3/c1-6(10(14)15-4)5-7-8(9(12)13)11(7,2)3/h5,7-8H,1-4H3/b6-5+/t7-,8+/m1/s1. The van der Waals surface area contributed by atoms with Crippen LogP contribution in [0.2, 0.25) is 0 Å². The maximum Gasteiger partial charge on any atom is 0.333 e. The Morgan fingerprint density at radius 1 is 1.40 bits per heavy atom. The van der Waals surface area contributed by atoms with E-state index in [4.69, 9.17) is 11.6 Å². The van der Waals surface area contributed by atoms with Gasteiger partial charge in [-0.1, -0.05) is 19.9 Å². The molecule has 1 saturated carbocycles. The average Bonchev–Trinajstić information content (AvgIpc) is 2.66. The molecule has 0 N–H and O–H groups in total.